The van der Waals surface area contributed by atoms with E-state index < -0.39 is 0 Å². The number of nitrogens with zero attached hydrogens (tertiary/aromatic N) is 4. The van der Waals surface area contributed by atoms with Gasteiger partial charge in [0, 0.05) is 43.2 Å². The van der Waals surface area contributed by atoms with E-state index in [9.17, 15) is 0 Å². The summed E-state index contributed by atoms with van der Waals surface area (Å²) < 4.78 is 7.79. The van der Waals surface area contributed by atoms with Crippen molar-refractivity contribution < 1.29 is 4.74 Å². The van der Waals surface area contributed by atoms with Gasteiger partial charge in [-0.1, -0.05) is 36.4 Å². The highest BCUT2D eigenvalue weighted by molar-refractivity contribution is 14.0. The zero-order valence-electron chi connectivity index (χ0n) is 19.4. The van der Waals surface area contributed by atoms with Crippen molar-refractivity contribution in [3.63, 3.8) is 0 Å². The average molecular weight is 571 g/mol. The Morgan fingerprint density at radius 3 is 2.82 bits per heavy atom. The van der Waals surface area contributed by atoms with Gasteiger partial charge in [0.05, 0.1) is 12.6 Å². The number of hydrogen-bond donors (Lipinski definition) is 3. The molecule has 3 heterocycles. The number of fused-ring (bicyclic) bond motifs is 2. The number of hydrogen-bond acceptors (Lipinski definition) is 4. The molecule has 5 rings (SSSR count). The van der Waals surface area contributed by atoms with E-state index in [1.54, 1.807) is 0 Å². The quantitative estimate of drug-likeness (QED) is 0.185. The largest absolute Gasteiger partial charge is 0.493 e. The highest BCUT2D eigenvalue weighted by Crippen LogP contribution is 2.31. The van der Waals surface area contributed by atoms with Gasteiger partial charge in [0.25, 0.3) is 0 Å². The number of para-hydroxylation sites is 2. The van der Waals surface area contributed by atoms with Crippen LogP contribution in [0.2, 0.25) is 0 Å². The number of aromatic nitrogens is 4. The van der Waals surface area contributed by atoms with Crippen molar-refractivity contribution in [1.82, 2.24) is 30.4 Å². The summed E-state index contributed by atoms with van der Waals surface area (Å²) in [6.45, 7) is 3.82. The zero-order chi connectivity index (χ0) is 22.6. The van der Waals surface area contributed by atoms with E-state index in [2.05, 4.69) is 62.2 Å². The van der Waals surface area contributed by atoms with Gasteiger partial charge in [-0.3, -0.25) is 0 Å². The Hall–Kier alpha value is -3.08. The van der Waals surface area contributed by atoms with Crippen LogP contribution in [0.4, 0.5) is 0 Å². The molecule has 0 spiro atoms. The molecule has 9 heteroatoms. The summed E-state index contributed by atoms with van der Waals surface area (Å²) in [6.07, 6.45) is 1.74. The molecule has 34 heavy (non-hydrogen) atoms. The molecule has 0 bridgehead atoms. The second-order valence-electron chi connectivity index (χ2n) is 8.32. The van der Waals surface area contributed by atoms with Crippen LogP contribution >= 0.6 is 24.0 Å². The van der Waals surface area contributed by atoms with Crippen molar-refractivity contribution in [2.45, 2.75) is 32.4 Å². The Kier molecular flexibility index (Phi) is 7.71. The molecular formula is C25H30IN7O. The molecule has 1 aliphatic rings. The van der Waals surface area contributed by atoms with Crippen molar-refractivity contribution in [3.8, 4) is 5.75 Å². The zero-order valence-corrected chi connectivity index (χ0v) is 21.7. The highest BCUT2D eigenvalue weighted by Gasteiger charge is 2.22. The summed E-state index contributed by atoms with van der Waals surface area (Å²) in [5.74, 6) is 3.40. The molecule has 2 aromatic carbocycles. The number of guanidine groups is 1. The second-order valence-corrected chi connectivity index (χ2v) is 8.32. The molecule has 0 fully saturated rings. The second kappa shape index (κ2) is 10.9. The van der Waals surface area contributed by atoms with Crippen LogP contribution in [0.15, 0.2) is 59.6 Å². The van der Waals surface area contributed by atoms with Crippen molar-refractivity contribution in [2.75, 3.05) is 13.2 Å². The number of aliphatic imine (C=N–C) groups is 1. The lowest BCUT2D eigenvalue weighted by Crippen LogP contribution is -2.42. The lowest BCUT2D eigenvalue weighted by molar-refractivity contribution is 0.261. The molecule has 1 atom stereocenters. The van der Waals surface area contributed by atoms with Crippen molar-refractivity contribution in [1.29, 1.82) is 0 Å². The Bertz CT molecular complexity index is 1250. The van der Waals surface area contributed by atoms with E-state index in [0.717, 1.165) is 53.8 Å². The Balaban J connectivity index is 0.00000274. The van der Waals surface area contributed by atoms with Gasteiger partial charge < -0.3 is 24.9 Å². The van der Waals surface area contributed by atoms with Gasteiger partial charge in [-0.25, -0.2) is 4.99 Å². The fraction of sp³-hybridized carbons (Fsp3) is 0.320. The first-order valence-electron chi connectivity index (χ1n) is 11.4. The third-order valence-electron chi connectivity index (χ3n) is 6.10. The van der Waals surface area contributed by atoms with Crippen LogP contribution in [0.3, 0.4) is 0 Å². The molecule has 4 aromatic rings. The smallest absolute Gasteiger partial charge is 0.192 e. The minimum absolute atomic E-state index is 0. The van der Waals surface area contributed by atoms with E-state index in [0.29, 0.717) is 13.2 Å². The molecule has 0 radical (unpaired) electrons. The minimum atomic E-state index is 0. The van der Waals surface area contributed by atoms with Gasteiger partial charge in [0.1, 0.15) is 18.1 Å². The first-order chi connectivity index (χ1) is 16.2. The van der Waals surface area contributed by atoms with Crippen LogP contribution in [0, 0.1) is 6.92 Å². The van der Waals surface area contributed by atoms with Gasteiger partial charge in [0.2, 0.25) is 0 Å². The van der Waals surface area contributed by atoms with Gasteiger partial charge in [0.15, 0.2) is 11.8 Å². The number of nitrogens with one attached hydrogen (secondary N) is 3. The monoisotopic (exact) mass is 571 g/mol. The number of aromatic amines is 1. The minimum Gasteiger partial charge on any atom is -0.493 e. The lowest BCUT2D eigenvalue weighted by atomic mass is 10.0. The maximum atomic E-state index is 5.82. The average Bonchev–Trinajstić information content (AvgIpc) is 3.40. The summed E-state index contributed by atoms with van der Waals surface area (Å²) in [7, 11) is 1.96. The summed E-state index contributed by atoms with van der Waals surface area (Å²) in [4.78, 5) is 8.32. The predicted molar refractivity (Wildman–Crippen MR) is 145 cm³/mol. The summed E-state index contributed by atoms with van der Waals surface area (Å²) >= 11 is 0. The van der Waals surface area contributed by atoms with Crippen LogP contribution < -0.4 is 15.4 Å². The van der Waals surface area contributed by atoms with Crippen molar-refractivity contribution in [3.05, 3.63) is 77.5 Å². The number of ether oxygens (including phenoxy) is 1. The molecular weight excluding hydrogens is 541 g/mol. The van der Waals surface area contributed by atoms with Gasteiger partial charge in [-0.15, -0.1) is 34.2 Å². The maximum Gasteiger partial charge on any atom is 0.192 e. The first-order valence-corrected chi connectivity index (χ1v) is 11.4. The molecule has 0 amide bonds. The Morgan fingerprint density at radius 1 is 1.18 bits per heavy atom. The molecule has 8 nitrogen and oxygen atoms in total. The SMILES string of the molecule is Cc1nnc(CN=C(NCCc2cc3ccccc3[nH]2)NC2CCOc3ccccc32)n1C.I. The van der Waals surface area contributed by atoms with Crippen LogP contribution in [0.5, 0.6) is 5.75 Å². The summed E-state index contributed by atoms with van der Waals surface area (Å²) in [5.41, 5.74) is 3.52. The molecule has 0 saturated heterocycles. The van der Waals surface area contributed by atoms with Gasteiger partial charge in [-0.05, 0) is 30.5 Å². The van der Waals surface area contributed by atoms with E-state index in [-0.39, 0.29) is 30.0 Å². The van der Waals surface area contributed by atoms with Gasteiger partial charge in [-0.2, -0.15) is 0 Å². The predicted octanol–water partition coefficient (Wildman–Crippen LogP) is 4.02. The van der Waals surface area contributed by atoms with Crippen molar-refractivity contribution in [2.24, 2.45) is 12.0 Å². The molecule has 2 aromatic heterocycles. The first kappa shape index (κ1) is 24.1. The standard InChI is InChI=1S/C25H29N7O.HI/c1-17-30-31-24(32(17)2)16-27-25(29-22-12-14-33-23-10-6-4-8-20(22)23)26-13-11-19-15-18-7-3-5-9-21(18)28-19;/h3-10,15,22,28H,11-14,16H2,1-2H3,(H2,26,27,29);1H. The highest BCUT2D eigenvalue weighted by atomic mass is 127. The molecule has 1 aliphatic heterocycles. The third-order valence-corrected chi connectivity index (χ3v) is 6.10. The Morgan fingerprint density at radius 2 is 2.00 bits per heavy atom. The summed E-state index contributed by atoms with van der Waals surface area (Å²) in [5, 5.41) is 16.7. The fourth-order valence-corrected chi connectivity index (χ4v) is 4.13. The number of H-pyrrole nitrogens is 1. The molecule has 178 valence electrons. The van der Waals surface area contributed by atoms with Crippen LogP contribution in [-0.4, -0.2) is 38.9 Å². The number of benzene rings is 2. The molecule has 1 unspecified atom stereocenters. The van der Waals surface area contributed by atoms with E-state index in [1.165, 1.54) is 11.1 Å². The van der Waals surface area contributed by atoms with Crippen LogP contribution in [-0.2, 0) is 20.0 Å². The topological polar surface area (TPSA) is 92.2 Å². The molecule has 0 aliphatic carbocycles. The Labute approximate surface area is 216 Å². The summed E-state index contributed by atoms with van der Waals surface area (Å²) in [6, 6.07) is 18.9. The number of rotatable bonds is 6. The number of aryl methyl sites for hydroxylation is 1. The van der Waals surface area contributed by atoms with E-state index in [1.807, 2.05) is 36.7 Å². The van der Waals surface area contributed by atoms with Gasteiger partial charge >= 0.3 is 0 Å². The third kappa shape index (κ3) is 5.35. The molecule has 3 N–H and O–H groups in total. The van der Waals surface area contributed by atoms with E-state index >= 15 is 0 Å². The van der Waals surface area contributed by atoms with Crippen LogP contribution in [0.1, 0.15) is 35.4 Å². The van der Waals surface area contributed by atoms with E-state index in [4.69, 9.17) is 9.73 Å². The van der Waals surface area contributed by atoms with Crippen LogP contribution in [0.25, 0.3) is 10.9 Å². The lowest BCUT2D eigenvalue weighted by Gasteiger charge is -2.28. The van der Waals surface area contributed by atoms with Crippen molar-refractivity contribution >= 4 is 40.8 Å². The normalized spacial score (nSPS) is 15.4. The fourth-order valence-electron chi connectivity index (χ4n) is 4.13. The number of halogens is 1. The molecule has 0 saturated carbocycles. The maximum absolute atomic E-state index is 5.82.